The first-order valence-corrected chi connectivity index (χ1v) is 2.83. The monoisotopic (exact) mass is 191 g/mol. The number of hydroxylamine groups is 2. The van der Waals surface area contributed by atoms with Crippen LogP contribution in [-0.2, 0) is 9.68 Å². The molecule has 0 rings (SSSR count). The molecular weight excluding hydrogens is 182 g/mol. The van der Waals surface area contributed by atoms with E-state index in [1.807, 2.05) is 5.48 Å². The van der Waals surface area contributed by atoms with Gasteiger partial charge in [-0.2, -0.15) is 15.8 Å². The van der Waals surface area contributed by atoms with Gasteiger partial charge in [0.1, 0.15) is 0 Å². The van der Waals surface area contributed by atoms with Crippen LogP contribution >= 0.6 is 0 Å². The SMILES string of the molecule is N=C(N)NOC(=O)ONC(N)=NN. The predicted molar refractivity (Wildman–Crippen MR) is 41.6 cm³/mol. The van der Waals surface area contributed by atoms with Crippen molar-refractivity contribution < 1.29 is 14.5 Å². The Balaban J connectivity index is 3.58. The van der Waals surface area contributed by atoms with Crippen molar-refractivity contribution in [3.63, 3.8) is 0 Å². The molecule has 0 atom stereocenters. The van der Waals surface area contributed by atoms with Crippen molar-refractivity contribution in [1.82, 2.24) is 11.0 Å². The van der Waals surface area contributed by atoms with Crippen LogP contribution in [0.25, 0.3) is 0 Å². The molecule has 0 spiro atoms. The van der Waals surface area contributed by atoms with Crippen LogP contribution in [0.4, 0.5) is 4.79 Å². The average Bonchev–Trinajstić information content (AvgIpc) is 2.10. The number of hydrogen-bond acceptors (Lipinski definition) is 6. The molecule has 0 aromatic heterocycles. The first-order valence-electron chi connectivity index (χ1n) is 2.83. The highest BCUT2D eigenvalue weighted by Crippen LogP contribution is 1.75. The summed E-state index contributed by atoms with van der Waals surface area (Å²) in [6, 6.07) is 0. The highest BCUT2D eigenvalue weighted by atomic mass is 16.9. The Morgan fingerprint density at radius 1 is 1.31 bits per heavy atom. The third-order valence-corrected chi connectivity index (χ3v) is 0.622. The Labute approximate surface area is 72.4 Å². The van der Waals surface area contributed by atoms with E-state index in [4.69, 9.17) is 16.9 Å². The van der Waals surface area contributed by atoms with E-state index in [1.165, 1.54) is 0 Å². The summed E-state index contributed by atoms with van der Waals surface area (Å²) >= 11 is 0. The third-order valence-electron chi connectivity index (χ3n) is 0.622. The fourth-order valence-corrected chi connectivity index (χ4v) is 0.238. The van der Waals surface area contributed by atoms with Gasteiger partial charge in [0.25, 0.3) is 0 Å². The maximum absolute atomic E-state index is 10.5. The summed E-state index contributed by atoms with van der Waals surface area (Å²) in [5.41, 5.74) is 13.3. The molecule has 0 aliphatic rings. The maximum atomic E-state index is 10.5. The number of guanidine groups is 2. The largest absolute Gasteiger partial charge is 0.558 e. The summed E-state index contributed by atoms with van der Waals surface area (Å²) in [6.45, 7) is 0. The van der Waals surface area contributed by atoms with Crippen LogP contribution in [0.1, 0.15) is 0 Å². The van der Waals surface area contributed by atoms with Crippen molar-refractivity contribution in [2.75, 3.05) is 0 Å². The Morgan fingerprint density at radius 3 is 2.31 bits per heavy atom. The van der Waals surface area contributed by atoms with Crippen molar-refractivity contribution in [3.05, 3.63) is 0 Å². The number of hydrogen-bond donors (Lipinski definition) is 6. The van der Waals surface area contributed by atoms with E-state index < -0.39 is 12.1 Å². The molecule has 0 saturated heterocycles. The van der Waals surface area contributed by atoms with Crippen molar-refractivity contribution >= 4 is 18.1 Å². The van der Waals surface area contributed by atoms with Crippen molar-refractivity contribution in [2.45, 2.75) is 0 Å². The number of nitrogens with zero attached hydrogens (tertiary/aromatic N) is 1. The lowest BCUT2D eigenvalue weighted by Crippen LogP contribution is -2.38. The van der Waals surface area contributed by atoms with Gasteiger partial charge in [-0.25, -0.2) is 0 Å². The first-order chi connectivity index (χ1) is 6.06. The normalized spacial score (nSPS) is 10.0. The molecule has 0 unspecified atom stereocenters. The molecule has 13 heavy (non-hydrogen) atoms. The summed E-state index contributed by atoms with van der Waals surface area (Å²) in [6.07, 6.45) is -1.21. The van der Waals surface area contributed by atoms with E-state index in [0.29, 0.717) is 0 Å². The number of carbonyl (C=O) groups excluding carboxylic acids is 1. The Hall–Kier alpha value is -2.39. The van der Waals surface area contributed by atoms with Gasteiger partial charge < -0.3 is 27.0 Å². The summed E-state index contributed by atoms with van der Waals surface area (Å²) < 4.78 is 0. The van der Waals surface area contributed by atoms with E-state index in [2.05, 4.69) is 20.6 Å². The molecule has 0 aromatic rings. The summed E-state index contributed by atoms with van der Waals surface area (Å²) in [5.74, 6) is 3.80. The van der Waals surface area contributed by atoms with Crippen LogP contribution in [0.3, 0.4) is 0 Å². The minimum absolute atomic E-state index is 0.320. The quantitative estimate of drug-likeness (QED) is 0.103. The predicted octanol–water partition coefficient (Wildman–Crippen LogP) is -2.77. The van der Waals surface area contributed by atoms with Gasteiger partial charge in [0, 0.05) is 0 Å². The van der Waals surface area contributed by atoms with E-state index in [1.54, 1.807) is 5.48 Å². The highest BCUT2D eigenvalue weighted by molar-refractivity contribution is 5.78. The lowest BCUT2D eigenvalue weighted by atomic mass is 11.1. The van der Waals surface area contributed by atoms with Crippen LogP contribution in [0, 0.1) is 5.41 Å². The molecule has 9 N–H and O–H groups in total. The van der Waals surface area contributed by atoms with Gasteiger partial charge in [-0.15, -0.1) is 5.10 Å². The summed E-state index contributed by atoms with van der Waals surface area (Å²) in [5, 5.41) is 9.50. The summed E-state index contributed by atoms with van der Waals surface area (Å²) in [7, 11) is 0. The fourth-order valence-electron chi connectivity index (χ4n) is 0.238. The number of carbonyl (C=O) groups is 1. The molecule has 0 fully saturated rings. The number of rotatable bonds is 0. The number of hydrazone groups is 1. The molecule has 0 saturated carbocycles. The van der Waals surface area contributed by atoms with Crippen LogP contribution < -0.4 is 28.3 Å². The second kappa shape index (κ2) is 5.29. The van der Waals surface area contributed by atoms with Gasteiger partial charge >= 0.3 is 6.16 Å². The maximum Gasteiger partial charge on any atom is 0.558 e. The van der Waals surface area contributed by atoms with Crippen molar-refractivity contribution in [2.24, 2.45) is 22.4 Å². The van der Waals surface area contributed by atoms with E-state index in [-0.39, 0.29) is 5.96 Å². The molecular formula is C3H9N7O3. The molecule has 0 radical (unpaired) electrons. The summed E-state index contributed by atoms with van der Waals surface area (Å²) in [4.78, 5) is 18.6. The van der Waals surface area contributed by atoms with Gasteiger partial charge in [0.05, 0.1) is 0 Å². The molecule has 10 nitrogen and oxygen atoms in total. The van der Waals surface area contributed by atoms with Gasteiger partial charge in [-0.05, 0) is 0 Å². The molecule has 0 aliphatic carbocycles. The standard InChI is InChI=1S/C3H9N7O3/c4-1(5)9-12-3(11)13-10-2(6)8-7/h7H2,(H4,4,5,9)(H3,6,8,10). The van der Waals surface area contributed by atoms with Crippen LogP contribution in [0.5, 0.6) is 0 Å². The molecule has 0 aliphatic heterocycles. The molecule has 0 amide bonds. The topological polar surface area (TPSA) is 174 Å². The zero-order valence-electron chi connectivity index (χ0n) is 6.40. The van der Waals surface area contributed by atoms with Crippen molar-refractivity contribution in [1.29, 1.82) is 5.41 Å². The zero-order valence-corrected chi connectivity index (χ0v) is 6.40. The minimum atomic E-state index is -1.21. The van der Waals surface area contributed by atoms with Gasteiger partial charge in [0.2, 0.25) is 11.9 Å². The lowest BCUT2D eigenvalue weighted by molar-refractivity contribution is 0.0176. The van der Waals surface area contributed by atoms with E-state index in [0.717, 1.165) is 0 Å². The lowest BCUT2D eigenvalue weighted by Gasteiger charge is -2.05. The fraction of sp³-hybridized carbons (Fsp3) is 0. The van der Waals surface area contributed by atoms with Gasteiger partial charge in [-0.1, -0.05) is 0 Å². The number of nitrogens with two attached hydrogens (primary N) is 3. The Kier molecular flexibility index (Phi) is 4.31. The van der Waals surface area contributed by atoms with E-state index >= 15 is 0 Å². The Morgan fingerprint density at radius 2 is 1.85 bits per heavy atom. The zero-order chi connectivity index (χ0) is 10.3. The minimum Gasteiger partial charge on any atom is -0.368 e. The second-order valence-corrected chi connectivity index (χ2v) is 1.59. The third kappa shape index (κ3) is 6.03. The highest BCUT2D eigenvalue weighted by Gasteiger charge is 2.04. The van der Waals surface area contributed by atoms with Gasteiger partial charge in [0.15, 0.2) is 0 Å². The average molecular weight is 191 g/mol. The first kappa shape index (κ1) is 10.6. The van der Waals surface area contributed by atoms with Crippen LogP contribution in [-0.4, -0.2) is 18.1 Å². The molecule has 10 heteroatoms. The molecule has 0 bridgehead atoms. The van der Waals surface area contributed by atoms with E-state index in [9.17, 15) is 4.79 Å². The number of nitrogens with one attached hydrogen (secondary N) is 3. The smallest absolute Gasteiger partial charge is 0.368 e. The van der Waals surface area contributed by atoms with Gasteiger partial charge in [-0.3, -0.25) is 5.41 Å². The molecule has 0 heterocycles. The van der Waals surface area contributed by atoms with Crippen LogP contribution in [0.2, 0.25) is 0 Å². The second-order valence-electron chi connectivity index (χ2n) is 1.59. The molecule has 74 valence electrons. The van der Waals surface area contributed by atoms with Crippen LogP contribution in [0.15, 0.2) is 5.10 Å². The van der Waals surface area contributed by atoms with Crippen molar-refractivity contribution in [3.8, 4) is 0 Å². The Bertz CT molecular complexity index is 225. The molecule has 0 aromatic carbocycles.